The van der Waals surface area contributed by atoms with Gasteiger partial charge in [0.15, 0.2) is 11.8 Å². The number of amides is 2. The zero-order valence-corrected chi connectivity index (χ0v) is 17.2. The number of nitrogens with zero attached hydrogens (tertiary/aromatic N) is 5. The van der Waals surface area contributed by atoms with Crippen molar-refractivity contribution in [2.45, 2.75) is 19.1 Å². The van der Waals surface area contributed by atoms with Gasteiger partial charge in [-0.2, -0.15) is 0 Å². The number of carbonyl (C=O) groups is 2. The number of benzene rings is 1. The molecular formula is C22H25N5O3. The van der Waals surface area contributed by atoms with E-state index in [1.54, 1.807) is 37.6 Å². The molecule has 4 rings (SSSR count). The highest BCUT2D eigenvalue weighted by Gasteiger charge is 2.30. The molecule has 0 bridgehead atoms. The SMILES string of the molecule is CN(C)C(=O)C1CN(C(=O)c2cnc3c(c2)ncn3CCc2ccccc2)CCO1. The van der Waals surface area contributed by atoms with Crippen LogP contribution in [0.25, 0.3) is 11.2 Å². The number of fused-ring (bicyclic) bond motifs is 1. The Morgan fingerprint density at radius 3 is 2.77 bits per heavy atom. The minimum atomic E-state index is -0.633. The van der Waals surface area contributed by atoms with Crippen molar-refractivity contribution in [3.63, 3.8) is 0 Å². The fraction of sp³-hybridized carbons (Fsp3) is 0.364. The van der Waals surface area contributed by atoms with E-state index < -0.39 is 6.10 Å². The number of pyridine rings is 1. The molecule has 2 amide bonds. The number of imidazole rings is 1. The Balaban J connectivity index is 1.47. The van der Waals surface area contributed by atoms with Gasteiger partial charge in [0, 0.05) is 33.4 Å². The molecule has 1 aromatic carbocycles. The van der Waals surface area contributed by atoms with E-state index in [-0.39, 0.29) is 18.4 Å². The second kappa shape index (κ2) is 8.62. The number of hydrogen-bond donors (Lipinski definition) is 0. The lowest BCUT2D eigenvalue weighted by atomic mass is 10.1. The summed E-state index contributed by atoms with van der Waals surface area (Å²) < 4.78 is 7.53. The molecule has 1 aliphatic heterocycles. The number of aryl methyl sites for hydroxylation is 2. The highest BCUT2D eigenvalue weighted by atomic mass is 16.5. The van der Waals surface area contributed by atoms with Crippen molar-refractivity contribution >= 4 is 23.0 Å². The van der Waals surface area contributed by atoms with E-state index >= 15 is 0 Å². The first-order chi connectivity index (χ1) is 14.5. The first-order valence-electron chi connectivity index (χ1n) is 10.00. The summed E-state index contributed by atoms with van der Waals surface area (Å²) in [5, 5.41) is 0. The van der Waals surface area contributed by atoms with E-state index in [1.165, 1.54) is 10.5 Å². The van der Waals surface area contributed by atoms with Crippen LogP contribution in [0.2, 0.25) is 0 Å². The fourth-order valence-corrected chi connectivity index (χ4v) is 3.58. The highest BCUT2D eigenvalue weighted by molar-refractivity contribution is 5.96. The van der Waals surface area contributed by atoms with Gasteiger partial charge in [0.05, 0.1) is 25.0 Å². The molecule has 1 fully saturated rings. The molecule has 1 atom stereocenters. The van der Waals surface area contributed by atoms with Crippen molar-refractivity contribution < 1.29 is 14.3 Å². The predicted octanol–water partition coefficient (Wildman–Crippen LogP) is 1.60. The molecule has 30 heavy (non-hydrogen) atoms. The van der Waals surface area contributed by atoms with E-state index in [9.17, 15) is 9.59 Å². The summed E-state index contributed by atoms with van der Waals surface area (Å²) in [7, 11) is 3.36. The van der Waals surface area contributed by atoms with E-state index in [0.29, 0.717) is 24.2 Å². The first kappa shape index (κ1) is 20.0. The fourth-order valence-electron chi connectivity index (χ4n) is 3.58. The maximum absolute atomic E-state index is 13.0. The van der Waals surface area contributed by atoms with Crippen LogP contribution in [0.4, 0.5) is 0 Å². The van der Waals surface area contributed by atoms with Crippen LogP contribution in [0.15, 0.2) is 48.9 Å². The summed E-state index contributed by atoms with van der Waals surface area (Å²) >= 11 is 0. The van der Waals surface area contributed by atoms with Gasteiger partial charge in [0.1, 0.15) is 5.52 Å². The Morgan fingerprint density at radius 2 is 2.00 bits per heavy atom. The van der Waals surface area contributed by atoms with Crippen LogP contribution >= 0.6 is 0 Å². The van der Waals surface area contributed by atoms with Crippen LogP contribution < -0.4 is 0 Å². The van der Waals surface area contributed by atoms with Crippen molar-refractivity contribution in [3.05, 3.63) is 60.0 Å². The van der Waals surface area contributed by atoms with Crippen molar-refractivity contribution in [2.75, 3.05) is 33.8 Å². The van der Waals surface area contributed by atoms with Crippen LogP contribution in [-0.4, -0.2) is 76.0 Å². The zero-order chi connectivity index (χ0) is 21.1. The van der Waals surface area contributed by atoms with E-state index in [1.807, 2.05) is 22.8 Å². The minimum Gasteiger partial charge on any atom is -0.365 e. The Labute approximate surface area is 175 Å². The topological polar surface area (TPSA) is 80.6 Å². The molecule has 0 aliphatic carbocycles. The zero-order valence-electron chi connectivity index (χ0n) is 17.2. The Hall–Kier alpha value is -3.26. The maximum Gasteiger partial charge on any atom is 0.255 e. The largest absolute Gasteiger partial charge is 0.365 e. The minimum absolute atomic E-state index is 0.141. The summed E-state index contributed by atoms with van der Waals surface area (Å²) in [5.74, 6) is -0.304. The van der Waals surface area contributed by atoms with Crippen molar-refractivity contribution in [1.82, 2.24) is 24.3 Å². The lowest BCUT2D eigenvalue weighted by Gasteiger charge is -2.33. The third-order valence-corrected chi connectivity index (χ3v) is 5.26. The molecule has 1 saturated heterocycles. The number of hydrogen-bond acceptors (Lipinski definition) is 5. The second-order valence-corrected chi connectivity index (χ2v) is 7.58. The molecule has 8 nitrogen and oxygen atoms in total. The van der Waals surface area contributed by atoms with Gasteiger partial charge >= 0.3 is 0 Å². The number of carbonyl (C=O) groups excluding carboxylic acids is 2. The number of rotatable bonds is 5. The maximum atomic E-state index is 13.0. The molecule has 156 valence electrons. The summed E-state index contributed by atoms with van der Waals surface area (Å²) in [6.07, 6.45) is 3.59. The number of ether oxygens (including phenoxy) is 1. The quantitative estimate of drug-likeness (QED) is 0.642. The second-order valence-electron chi connectivity index (χ2n) is 7.58. The van der Waals surface area contributed by atoms with Gasteiger partial charge in [-0.15, -0.1) is 0 Å². The standard InChI is InChI=1S/C22H25N5O3/c1-25(2)22(29)19-14-26(10-11-30-19)21(28)17-12-18-20(23-13-17)27(15-24-18)9-8-16-6-4-3-5-7-16/h3-7,12-13,15,19H,8-11,14H2,1-2H3. The van der Waals surface area contributed by atoms with Gasteiger partial charge in [-0.1, -0.05) is 30.3 Å². The van der Waals surface area contributed by atoms with Crippen LogP contribution in [0, 0.1) is 0 Å². The number of morpholine rings is 1. The summed E-state index contributed by atoms with van der Waals surface area (Å²) in [5.41, 5.74) is 3.15. The molecule has 8 heteroatoms. The van der Waals surface area contributed by atoms with Crippen LogP contribution in [0.5, 0.6) is 0 Å². The average Bonchev–Trinajstić information content (AvgIpc) is 3.19. The van der Waals surface area contributed by atoms with Crippen molar-refractivity contribution in [3.8, 4) is 0 Å². The first-order valence-corrected chi connectivity index (χ1v) is 10.00. The molecule has 2 aromatic heterocycles. The summed E-state index contributed by atoms with van der Waals surface area (Å²) in [4.78, 5) is 37.2. The Morgan fingerprint density at radius 1 is 1.20 bits per heavy atom. The highest BCUT2D eigenvalue weighted by Crippen LogP contribution is 2.16. The van der Waals surface area contributed by atoms with Gasteiger partial charge < -0.3 is 19.1 Å². The van der Waals surface area contributed by atoms with E-state index in [0.717, 1.165) is 18.6 Å². The van der Waals surface area contributed by atoms with Crippen LogP contribution in [0.3, 0.4) is 0 Å². The van der Waals surface area contributed by atoms with Gasteiger partial charge in [0.2, 0.25) is 0 Å². The average molecular weight is 407 g/mol. The van der Waals surface area contributed by atoms with E-state index in [2.05, 4.69) is 22.1 Å². The molecule has 0 radical (unpaired) electrons. The molecule has 0 saturated carbocycles. The van der Waals surface area contributed by atoms with E-state index in [4.69, 9.17) is 4.74 Å². The summed E-state index contributed by atoms with van der Waals surface area (Å²) in [6.45, 7) is 1.78. The Bertz CT molecular complexity index is 1050. The lowest BCUT2D eigenvalue weighted by Crippen LogP contribution is -2.51. The normalized spacial score (nSPS) is 16.6. The van der Waals surface area contributed by atoms with Gasteiger partial charge in [0.25, 0.3) is 11.8 Å². The van der Waals surface area contributed by atoms with Crippen LogP contribution in [0.1, 0.15) is 15.9 Å². The van der Waals surface area contributed by atoms with Gasteiger partial charge in [-0.05, 0) is 18.1 Å². The van der Waals surface area contributed by atoms with Crippen LogP contribution in [-0.2, 0) is 22.5 Å². The number of aromatic nitrogens is 3. The monoisotopic (exact) mass is 407 g/mol. The predicted molar refractivity (Wildman–Crippen MR) is 112 cm³/mol. The third-order valence-electron chi connectivity index (χ3n) is 5.26. The molecule has 1 aliphatic rings. The lowest BCUT2D eigenvalue weighted by molar-refractivity contribution is -0.145. The summed E-state index contributed by atoms with van der Waals surface area (Å²) in [6, 6.07) is 12.0. The Kier molecular flexibility index (Phi) is 5.76. The molecule has 3 aromatic rings. The molecule has 1 unspecified atom stereocenters. The molecular weight excluding hydrogens is 382 g/mol. The molecule has 3 heterocycles. The van der Waals surface area contributed by atoms with Crippen molar-refractivity contribution in [2.24, 2.45) is 0 Å². The van der Waals surface area contributed by atoms with Gasteiger partial charge in [-0.25, -0.2) is 9.97 Å². The van der Waals surface area contributed by atoms with Crippen molar-refractivity contribution in [1.29, 1.82) is 0 Å². The smallest absolute Gasteiger partial charge is 0.255 e. The number of likely N-dealkylation sites (N-methyl/N-ethyl adjacent to an activating group) is 1. The van der Waals surface area contributed by atoms with Gasteiger partial charge in [-0.3, -0.25) is 9.59 Å². The molecule has 0 N–H and O–H groups in total. The molecule has 0 spiro atoms. The third kappa shape index (κ3) is 4.18.